The Bertz CT molecular complexity index is 623. The largest absolute Gasteiger partial charge is 0.489 e. The van der Waals surface area contributed by atoms with Gasteiger partial charge in [0.1, 0.15) is 12.4 Å². The zero-order valence-corrected chi connectivity index (χ0v) is 12.3. The van der Waals surface area contributed by atoms with Gasteiger partial charge in [-0.05, 0) is 29.8 Å². The lowest BCUT2D eigenvalue weighted by atomic mass is 10.1. The molecule has 0 aromatic heterocycles. The monoisotopic (exact) mass is 301 g/mol. The van der Waals surface area contributed by atoms with Crippen LogP contribution in [0, 0.1) is 0 Å². The minimum Gasteiger partial charge on any atom is -0.489 e. The van der Waals surface area contributed by atoms with Crippen molar-refractivity contribution in [3.05, 3.63) is 71.8 Å². The molecular weight excluding hydrogens is 286 g/mol. The van der Waals surface area contributed by atoms with Crippen LogP contribution < -0.4 is 10.1 Å². The summed E-state index contributed by atoms with van der Waals surface area (Å²) in [5.41, 5.74) is 1.62. The smallest absolute Gasteiger partial charge is 0.228 e. The highest BCUT2D eigenvalue weighted by molar-refractivity contribution is 6.30. The first-order valence-corrected chi connectivity index (χ1v) is 6.93. The average Bonchev–Trinajstić information content (AvgIpc) is 2.48. The molecule has 0 spiro atoms. The second-order valence-corrected chi connectivity index (χ2v) is 4.92. The average molecular weight is 302 g/mol. The second kappa shape index (κ2) is 7.50. The van der Waals surface area contributed by atoms with Crippen LogP contribution in [0.25, 0.3) is 0 Å². The molecule has 0 unspecified atom stereocenters. The maximum absolute atomic E-state index is 12.0. The van der Waals surface area contributed by atoms with Crippen molar-refractivity contribution in [3.8, 4) is 5.75 Å². The van der Waals surface area contributed by atoms with Gasteiger partial charge >= 0.3 is 0 Å². The molecule has 21 heavy (non-hydrogen) atoms. The molecule has 0 bridgehead atoms. The van der Waals surface area contributed by atoms with Gasteiger partial charge in [-0.15, -0.1) is 0 Å². The molecule has 0 aliphatic rings. The van der Waals surface area contributed by atoms with Crippen LogP contribution in [0.4, 0.5) is 5.69 Å². The molecule has 0 heterocycles. The van der Waals surface area contributed by atoms with Gasteiger partial charge in [-0.25, -0.2) is 0 Å². The van der Waals surface area contributed by atoms with E-state index in [1.54, 1.807) is 24.3 Å². The van der Waals surface area contributed by atoms with Crippen molar-refractivity contribution in [3.63, 3.8) is 0 Å². The van der Waals surface area contributed by atoms with Crippen LogP contribution in [0.1, 0.15) is 5.56 Å². The molecule has 4 heteroatoms. The quantitative estimate of drug-likeness (QED) is 0.816. The number of ether oxygens (including phenoxy) is 1. The predicted molar refractivity (Wildman–Crippen MR) is 85.9 cm³/mol. The molecular formula is C17H16ClNO2. The summed E-state index contributed by atoms with van der Waals surface area (Å²) in [7, 11) is 0. The number of hydrogen-bond acceptors (Lipinski definition) is 2. The lowest BCUT2D eigenvalue weighted by molar-refractivity contribution is -0.115. The van der Waals surface area contributed by atoms with Gasteiger partial charge in [0, 0.05) is 16.8 Å². The van der Waals surface area contributed by atoms with E-state index in [0.717, 1.165) is 5.56 Å². The van der Waals surface area contributed by atoms with Crippen LogP contribution in [0.2, 0.25) is 5.02 Å². The van der Waals surface area contributed by atoms with E-state index in [2.05, 4.69) is 11.9 Å². The summed E-state index contributed by atoms with van der Waals surface area (Å²) in [6, 6.07) is 14.5. The van der Waals surface area contributed by atoms with Crippen LogP contribution in [0.5, 0.6) is 5.75 Å². The topological polar surface area (TPSA) is 38.3 Å². The Kier molecular flexibility index (Phi) is 5.41. The summed E-state index contributed by atoms with van der Waals surface area (Å²) < 4.78 is 5.42. The second-order valence-electron chi connectivity index (χ2n) is 4.48. The SMILES string of the molecule is C=CCOc1cccc(NC(=O)Cc2ccc(Cl)cc2)c1. The Hall–Kier alpha value is -2.26. The van der Waals surface area contributed by atoms with Crippen LogP contribution in [0.15, 0.2) is 61.2 Å². The molecule has 0 fully saturated rings. The molecule has 2 aromatic carbocycles. The number of carbonyl (C=O) groups excluding carboxylic acids is 1. The zero-order chi connectivity index (χ0) is 15.1. The Morgan fingerprint density at radius 3 is 2.71 bits per heavy atom. The summed E-state index contributed by atoms with van der Waals surface area (Å²) >= 11 is 5.82. The highest BCUT2D eigenvalue weighted by Gasteiger charge is 2.05. The lowest BCUT2D eigenvalue weighted by Crippen LogP contribution is -2.14. The Morgan fingerprint density at radius 1 is 1.24 bits per heavy atom. The minimum atomic E-state index is -0.0850. The van der Waals surface area contributed by atoms with E-state index in [0.29, 0.717) is 29.5 Å². The third-order valence-electron chi connectivity index (χ3n) is 2.76. The Labute approximate surface area is 129 Å². The van der Waals surface area contributed by atoms with Gasteiger partial charge in [0.05, 0.1) is 6.42 Å². The number of rotatable bonds is 6. The maximum Gasteiger partial charge on any atom is 0.228 e. The molecule has 2 rings (SSSR count). The predicted octanol–water partition coefficient (Wildman–Crippen LogP) is 4.09. The fraction of sp³-hybridized carbons (Fsp3) is 0.118. The van der Waals surface area contributed by atoms with E-state index >= 15 is 0 Å². The molecule has 108 valence electrons. The minimum absolute atomic E-state index is 0.0850. The summed E-state index contributed by atoms with van der Waals surface area (Å²) in [4.78, 5) is 12.0. The fourth-order valence-electron chi connectivity index (χ4n) is 1.81. The number of carbonyl (C=O) groups is 1. The van der Waals surface area contributed by atoms with E-state index in [1.807, 2.05) is 30.3 Å². The third kappa shape index (κ3) is 4.97. The number of amides is 1. The van der Waals surface area contributed by atoms with Crippen LogP contribution >= 0.6 is 11.6 Å². The molecule has 1 amide bonds. The number of nitrogens with one attached hydrogen (secondary N) is 1. The number of anilines is 1. The lowest BCUT2D eigenvalue weighted by Gasteiger charge is -2.08. The summed E-state index contributed by atoms with van der Waals surface area (Å²) in [6.07, 6.45) is 1.97. The molecule has 2 aromatic rings. The molecule has 0 aliphatic carbocycles. The van der Waals surface area contributed by atoms with E-state index in [4.69, 9.17) is 16.3 Å². The highest BCUT2D eigenvalue weighted by Crippen LogP contribution is 2.18. The maximum atomic E-state index is 12.0. The first-order valence-electron chi connectivity index (χ1n) is 6.55. The molecule has 0 aliphatic heterocycles. The van der Waals surface area contributed by atoms with Crippen LogP contribution in [-0.4, -0.2) is 12.5 Å². The van der Waals surface area contributed by atoms with Gasteiger partial charge < -0.3 is 10.1 Å². The van der Waals surface area contributed by atoms with E-state index in [1.165, 1.54) is 0 Å². The van der Waals surface area contributed by atoms with Gasteiger partial charge in [0.2, 0.25) is 5.91 Å². The van der Waals surface area contributed by atoms with Crippen LogP contribution in [0.3, 0.4) is 0 Å². The van der Waals surface area contributed by atoms with Gasteiger partial charge in [0.25, 0.3) is 0 Å². The summed E-state index contributed by atoms with van der Waals surface area (Å²) in [5.74, 6) is 0.609. The Balaban J connectivity index is 1.95. The van der Waals surface area contributed by atoms with Crippen molar-refractivity contribution < 1.29 is 9.53 Å². The van der Waals surface area contributed by atoms with Gasteiger partial charge in [-0.2, -0.15) is 0 Å². The fourth-order valence-corrected chi connectivity index (χ4v) is 1.94. The zero-order valence-electron chi connectivity index (χ0n) is 11.5. The van der Waals surface area contributed by atoms with Gasteiger partial charge in [-0.3, -0.25) is 4.79 Å². The molecule has 0 saturated heterocycles. The summed E-state index contributed by atoms with van der Waals surface area (Å²) in [5, 5.41) is 3.50. The normalized spacial score (nSPS) is 9.95. The van der Waals surface area contributed by atoms with Crippen molar-refractivity contribution in [1.29, 1.82) is 0 Å². The molecule has 0 saturated carbocycles. The number of hydrogen-bond donors (Lipinski definition) is 1. The standard InChI is InChI=1S/C17H16ClNO2/c1-2-10-21-16-5-3-4-15(12-16)19-17(20)11-13-6-8-14(18)9-7-13/h2-9,12H,1,10-11H2,(H,19,20). The van der Waals surface area contributed by atoms with E-state index in [-0.39, 0.29) is 5.91 Å². The first-order chi connectivity index (χ1) is 10.2. The van der Waals surface area contributed by atoms with Gasteiger partial charge in [0.15, 0.2) is 0 Å². The van der Waals surface area contributed by atoms with E-state index < -0.39 is 0 Å². The third-order valence-corrected chi connectivity index (χ3v) is 3.02. The Morgan fingerprint density at radius 2 is 2.00 bits per heavy atom. The van der Waals surface area contributed by atoms with Crippen molar-refractivity contribution in [2.45, 2.75) is 6.42 Å². The van der Waals surface area contributed by atoms with Crippen molar-refractivity contribution >= 4 is 23.2 Å². The van der Waals surface area contributed by atoms with Crippen molar-refractivity contribution in [2.24, 2.45) is 0 Å². The van der Waals surface area contributed by atoms with Crippen LogP contribution in [-0.2, 0) is 11.2 Å². The molecule has 3 nitrogen and oxygen atoms in total. The summed E-state index contributed by atoms with van der Waals surface area (Å²) in [6.45, 7) is 4.03. The van der Waals surface area contributed by atoms with Gasteiger partial charge in [-0.1, -0.05) is 42.5 Å². The highest BCUT2D eigenvalue weighted by atomic mass is 35.5. The van der Waals surface area contributed by atoms with E-state index in [9.17, 15) is 4.79 Å². The van der Waals surface area contributed by atoms with Crippen molar-refractivity contribution in [1.82, 2.24) is 0 Å². The molecule has 1 N–H and O–H groups in total. The number of halogens is 1. The van der Waals surface area contributed by atoms with Crippen molar-refractivity contribution in [2.75, 3.05) is 11.9 Å². The number of benzene rings is 2. The molecule has 0 radical (unpaired) electrons. The molecule has 0 atom stereocenters. The first kappa shape index (κ1) is 15.1.